The quantitative estimate of drug-likeness (QED) is 0.314. The summed E-state index contributed by atoms with van der Waals surface area (Å²) in [4.78, 5) is 0. The maximum absolute atomic E-state index is 3.47. The van der Waals surface area contributed by atoms with Gasteiger partial charge in [-0.05, 0) is 47.6 Å². The first-order chi connectivity index (χ1) is 10.9. The molecule has 0 N–H and O–H groups in total. The summed E-state index contributed by atoms with van der Waals surface area (Å²) in [6.45, 7) is 11.1. The minimum atomic E-state index is -1.42. The van der Waals surface area contributed by atoms with Crippen molar-refractivity contribution in [3.8, 4) is 35.1 Å². The number of hydrogen-bond acceptors (Lipinski definition) is 0. The lowest BCUT2D eigenvalue weighted by Crippen LogP contribution is -2.16. The predicted octanol–water partition coefficient (Wildman–Crippen LogP) is 5.82. The summed E-state index contributed by atoms with van der Waals surface area (Å²) in [6, 6.07) is 4.16. The lowest BCUT2D eigenvalue weighted by Gasteiger charge is -2.07. The van der Waals surface area contributed by atoms with Crippen LogP contribution < -0.4 is 0 Å². The summed E-state index contributed by atoms with van der Waals surface area (Å²) in [7, 11) is -1.42. The molecule has 0 saturated carbocycles. The molecule has 0 aliphatic heterocycles. The highest BCUT2D eigenvalue weighted by Crippen LogP contribution is 2.20. The number of unbranched alkanes of at least 4 members (excludes halogenated alkanes) is 2. The van der Waals surface area contributed by atoms with Crippen molar-refractivity contribution < 1.29 is 0 Å². The zero-order valence-electron chi connectivity index (χ0n) is 14.9. The first-order valence-electron chi connectivity index (χ1n) is 8.22. The largest absolute Gasteiger partial charge is 0.129 e. The molecule has 0 atom stereocenters. The molecule has 0 aliphatic carbocycles. The van der Waals surface area contributed by atoms with Gasteiger partial charge in [-0.15, -0.1) is 5.54 Å². The van der Waals surface area contributed by atoms with Crippen LogP contribution in [0.3, 0.4) is 0 Å². The van der Waals surface area contributed by atoms with Crippen LogP contribution in [-0.2, 0) is 0 Å². The molecule has 0 heterocycles. The van der Waals surface area contributed by atoms with E-state index in [1.54, 1.807) is 0 Å². The second kappa shape index (κ2) is 9.87. The van der Waals surface area contributed by atoms with Crippen molar-refractivity contribution in [2.45, 2.75) is 59.2 Å². The van der Waals surface area contributed by atoms with Gasteiger partial charge in [0.1, 0.15) is 8.07 Å². The van der Waals surface area contributed by atoms with Gasteiger partial charge in [0.15, 0.2) is 0 Å². The summed E-state index contributed by atoms with van der Waals surface area (Å²) in [6.07, 6.45) is 4.03. The van der Waals surface area contributed by atoms with Crippen LogP contribution in [0.4, 0.5) is 0 Å². The molecular formula is C21H25ISi. The molecule has 0 bridgehead atoms. The van der Waals surface area contributed by atoms with Crippen LogP contribution in [0.2, 0.25) is 19.6 Å². The van der Waals surface area contributed by atoms with Crippen molar-refractivity contribution >= 4 is 30.7 Å². The minimum absolute atomic E-state index is 0.926. The Hall–Kier alpha value is -1.15. The van der Waals surface area contributed by atoms with E-state index in [4.69, 9.17) is 0 Å². The maximum Gasteiger partial charge on any atom is 0.129 e. The Morgan fingerprint density at radius 2 is 1.39 bits per heavy atom. The van der Waals surface area contributed by atoms with Gasteiger partial charge in [-0.2, -0.15) is 0 Å². The second-order valence-corrected chi connectivity index (χ2v) is 12.3. The minimum Gasteiger partial charge on any atom is -0.127 e. The Kier molecular flexibility index (Phi) is 8.53. The fourth-order valence-corrected chi connectivity index (χ4v) is 2.95. The topological polar surface area (TPSA) is 0 Å². The van der Waals surface area contributed by atoms with E-state index in [2.05, 4.69) is 103 Å². The number of benzene rings is 1. The predicted molar refractivity (Wildman–Crippen MR) is 113 cm³/mol. The van der Waals surface area contributed by atoms with E-state index in [0.717, 1.165) is 45.9 Å². The van der Waals surface area contributed by atoms with Gasteiger partial charge >= 0.3 is 0 Å². The molecule has 23 heavy (non-hydrogen) atoms. The van der Waals surface area contributed by atoms with Crippen LogP contribution in [0, 0.1) is 38.7 Å². The molecule has 2 heteroatoms. The first-order valence-corrected chi connectivity index (χ1v) is 12.8. The maximum atomic E-state index is 3.47. The van der Waals surface area contributed by atoms with Crippen LogP contribution >= 0.6 is 22.6 Å². The average Bonchev–Trinajstić information content (AvgIpc) is 2.48. The van der Waals surface area contributed by atoms with Gasteiger partial charge in [0.25, 0.3) is 0 Å². The fourth-order valence-electron chi connectivity index (χ4n) is 1.71. The average molecular weight is 432 g/mol. The summed E-state index contributed by atoms with van der Waals surface area (Å²) in [5, 5.41) is 0. The van der Waals surface area contributed by atoms with Crippen LogP contribution in [0.25, 0.3) is 0 Å². The molecule has 0 fully saturated rings. The summed E-state index contributed by atoms with van der Waals surface area (Å²) < 4.78 is 1.14. The third kappa shape index (κ3) is 7.30. The van der Waals surface area contributed by atoms with Crippen molar-refractivity contribution in [2.24, 2.45) is 0 Å². The SMILES string of the molecule is CCCC#Cc1ccc(C#CCCC)c(C#C[Si](C)(C)C)c1I. The Bertz CT molecular complexity index is 719. The summed E-state index contributed by atoms with van der Waals surface area (Å²) in [5.41, 5.74) is 6.63. The van der Waals surface area contributed by atoms with Gasteiger partial charge in [-0.25, -0.2) is 0 Å². The molecule has 0 spiro atoms. The highest BCUT2D eigenvalue weighted by atomic mass is 127. The van der Waals surface area contributed by atoms with E-state index in [1.165, 1.54) is 0 Å². The van der Waals surface area contributed by atoms with Crippen molar-refractivity contribution in [1.29, 1.82) is 0 Å². The normalized spacial score (nSPS) is 9.83. The summed E-state index contributed by atoms with van der Waals surface area (Å²) >= 11 is 2.37. The van der Waals surface area contributed by atoms with E-state index >= 15 is 0 Å². The molecule has 1 aromatic carbocycles. The monoisotopic (exact) mass is 432 g/mol. The Morgan fingerprint density at radius 1 is 0.870 bits per heavy atom. The molecule has 0 saturated heterocycles. The third-order valence-corrected chi connectivity index (χ3v) is 4.90. The molecule has 0 amide bonds. The number of hydrogen-bond donors (Lipinski definition) is 0. The molecule has 0 aromatic heterocycles. The molecule has 1 rings (SSSR count). The molecule has 1 aromatic rings. The van der Waals surface area contributed by atoms with Crippen molar-refractivity contribution in [2.75, 3.05) is 0 Å². The van der Waals surface area contributed by atoms with Gasteiger partial charge in [-0.1, -0.05) is 63.1 Å². The Balaban J connectivity index is 3.38. The standard InChI is InChI=1S/C21H25ISi/c1-6-8-10-12-18-14-15-19(13-11-9-7-2)21(22)20(18)16-17-23(3,4)5/h14-15H,6-9H2,1-5H3. The van der Waals surface area contributed by atoms with E-state index in [0.29, 0.717) is 0 Å². The van der Waals surface area contributed by atoms with Crippen LogP contribution in [0.15, 0.2) is 12.1 Å². The fraction of sp³-hybridized carbons (Fsp3) is 0.429. The smallest absolute Gasteiger partial charge is 0.127 e. The molecule has 0 radical (unpaired) electrons. The van der Waals surface area contributed by atoms with Gasteiger partial charge in [0.2, 0.25) is 0 Å². The van der Waals surface area contributed by atoms with Crippen LogP contribution in [0.1, 0.15) is 56.2 Å². The highest BCUT2D eigenvalue weighted by Gasteiger charge is 2.11. The zero-order chi connectivity index (χ0) is 17.3. The van der Waals surface area contributed by atoms with E-state index in [9.17, 15) is 0 Å². The molecule has 120 valence electrons. The van der Waals surface area contributed by atoms with Gasteiger partial charge < -0.3 is 0 Å². The van der Waals surface area contributed by atoms with Crippen molar-refractivity contribution in [3.05, 3.63) is 32.4 Å². The van der Waals surface area contributed by atoms with E-state index in [-0.39, 0.29) is 0 Å². The summed E-state index contributed by atoms with van der Waals surface area (Å²) in [5.74, 6) is 16.5. The molecule has 0 aliphatic rings. The molecule has 0 unspecified atom stereocenters. The van der Waals surface area contributed by atoms with Crippen molar-refractivity contribution in [3.63, 3.8) is 0 Å². The third-order valence-electron chi connectivity index (χ3n) is 2.90. The first kappa shape index (κ1) is 19.9. The van der Waals surface area contributed by atoms with Gasteiger partial charge in [0.05, 0.1) is 5.56 Å². The van der Waals surface area contributed by atoms with Crippen molar-refractivity contribution in [1.82, 2.24) is 0 Å². The van der Waals surface area contributed by atoms with Gasteiger partial charge in [0, 0.05) is 27.5 Å². The molecular weight excluding hydrogens is 407 g/mol. The Morgan fingerprint density at radius 3 is 1.91 bits per heavy atom. The second-order valence-electron chi connectivity index (χ2n) is 6.45. The number of halogens is 1. The lowest BCUT2D eigenvalue weighted by atomic mass is 10.0. The van der Waals surface area contributed by atoms with E-state index in [1.807, 2.05) is 0 Å². The van der Waals surface area contributed by atoms with Crippen LogP contribution in [0.5, 0.6) is 0 Å². The number of rotatable bonds is 2. The molecule has 0 nitrogen and oxygen atoms in total. The van der Waals surface area contributed by atoms with E-state index < -0.39 is 8.07 Å². The Labute approximate surface area is 157 Å². The van der Waals surface area contributed by atoms with Gasteiger partial charge in [-0.3, -0.25) is 0 Å². The highest BCUT2D eigenvalue weighted by molar-refractivity contribution is 14.1. The zero-order valence-corrected chi connectivity index (χ0v) is 18.0. The lowest BCUT2D eigenvalue weighted by molar-refractivity contribution is 0.983. The van der Waals surface area contributed by atoms with Crippen LogP contribution in [-0.4, -0.2) is 8.07 Å².